The minimum atomic E-state index is -5.37. The molecule has 0 heterocycles. The van der Waals surface area contributed by atoms with Crippen molar-refractivity contribution in [1.29, 1.82) is 0 Å². The Labute approximate surface area is 221 Å². The van der Waals surface area contributed by atoms with E-state index in [-0.39, 0.29) is 12.1 Å². The van der Waals surface area contributed by atoms with Crippen LogP contribution in [-0.4, -0.2) is 24.2 Å². The van der Waals surface area contributed by atoms with Crippen molar-refractivity contribution in [1.82, 2.24) is 10.9 Å². The van der Waals surface area contributed by atoms with E-state index in [4.69, 9.17) is 23.2 Å². The highest BCUT2D eigenvalue weighted by atomic mass is 35.5. The van der Waals surface area contributed by atoms with Gasteiger partial charge in [-0.3, -0.25) is 20.4 Å². The lowest BCUT2D eigenvalue weighted by atomic mass is 9.95. The number of hydrazine groups is 1. The molecular weight excluding hydrogens is 604 g/mol. The molecule has 214 valence electrons. The van der Waals surface area contributed by atoms with Crippen LogP contribution in [0.1, 0.15) is 45.8 Å². The number of hydrogen-bond acceptors (Lipinski definition) is 2. The maximum Gasteiger partial charge on any atom is 0.417 e. The first-order valence-corrected chi connectivity index (χ1v) is 10.9. The Kier molecular flexibility index (Phi) is 9.88. The Morgan fingerprint density at radius 1 is 0.897 bits per heavy atom. The van der Waals surface area contributed by atoms with Crippen molar-refractivity contribution in [3.05, 3.63) is 74.5 Å². The van der Waals surface area contributed by atoms with Crippen LogP contribution in [0.25, 0.3) is 5.83 Å². The SMILES string of the molecule is O=C(CCC(F)(F)F)NNC(=O)c1ccc(/C(F)=C/C(c2cc(Cl)c(F)c(Cl)c2)C(F)(F)F)cc1C(F)(F)F. The average Bonchev–Trinajstić information content (AvgIpc) is 2.80. The number of nitrogens with one attached hydrogen (secondary N) is 2. The van der Waals surface area contributed by atoms with Crippen molar-refractivity contribution in [3.63, 3.8) is 0 Å². The number of hydrogen-bond donors (Lipinski definition) is 2. The Hall–Kier alpha value is -3.07. The van der Waals surface area contributed by atoms with Gasteiger partial charge in [0.2, 0.25) is 5.91 Å². The molecule has 2 N–H and O–H groups in total. The predicted octanol–water partition coefficient (Wildman–Crippen LogP) is 7.91. The summed E-state index contributed by atoms with van der Waals surface area (Å²) in [6, 6.07) is 1.89. The lowest BCUT2D eigenvalue weighted by Crippen LogP contribution is -2.42. The summed E-state index contributed by atoms with van der Waals surface area (Å²) >= 11 is 11.0. The van der Waals surface area contributed by atoms with E-state index in [1.807, 2.05) is 0 Å². The normalized spacial score (nSPS) is 13.7. The first kappa shape index (κ1) is 32.1. The van der Waals surface area contributed by atoms with Crippen LogP contribution in [0.3, 0.4) is 0 Å². The van der Waals surface area contributed by atoms with E-state index in [2.05, 4.69) is 0 Å². The van der Waals surface area contributed by atoms with Gasteiger partial charge in [0, 0.05) is 12.0 Å². The minimum absolute atomic E-state index is 0.00424. The summed E-state index contributed by atoms with van der Waals surface area (Å²) in [6.07, 6.45) is -18.2. The fraction of sp³-hybridized carbons (Fsp3) is 0.273. The van der Waals surface area contributed by atoms with E-state index in [1.165, 1.54) is 10.9 Å². The zero-order chi connectivity index (χ0) is 29.9. The highest BCUT2D eigenvalue weighted by molar-refractivity contribution is 6.35. The molecule has 2 aromatic rings. The van der Waals surface area contributed by atoms with Crippen molar-refractivity contribution in [3.8, 4) is 0 Å². The molecule has 2 rings (SSSR count). The van der Waals surface area contributed by atoms with Crippen molar-refractivity contribution in [2.45, 2.75) is 37.3 Å². The van der Waals surface area contributed by atoms with Crippen molar-refractivity contribution < 1.29 is 57.9 Å². The minimum Gasteiger partial charge on any atom is -0.273 e. The Morgan fingerprint density at radius 3 is 1.95 bits per heavy atom. The highest BCUT2D eigenvalue weighted by Gasteiger charge is 2.41. The number of alkyl halides is 9. The molecule has 4 nitrogen and oxygen atoms in total. The van der Waals surface area contributed by atoms with Crippen LogP contribution >= 0.6 is 23.2 Å². The molecule has 1 unspecified atom stereocenters. The molecule has 39 heavy (non-hydrogen) atoms. The monoisotopic (exact) mass is 616 g/mol. The quantitative estimate of drug-likeness (QED) is 0.197. The molecule has 0 aliphatic rings. The molecule has 0 radical (unpaired) electrons. The standard InChI is InChI=1S/C22H13Cl2F11N2O2/c23-14-6-10(7-15(24)18(14)26)12(21(30,31)32)8-16(25)9-1-2-11(13(5-9)22(33,34)35)19(39)37-36-17(38)3-4-20(27,28)29/h1-2,5-8,12H,3-4H2,(H,36,38)(H,37,39)/b16-8-. The largest absolute Gasteiger partial charge is 0.417 e. The third-order valence-corrected chi connectivity index (χ3v) is 5.38. The fourth-order valence-corrected chi connectivity index (χ4v) is 3.52. The first-order chi connectivity index (χ1) is 17.7. The number of rotatable bonds is 6. The van der Waals surface area contributed by atoms with Gasteiger partial charge < -0.3 is 0 Å². The lowest BCUT2D eigenvalue weighted by Gasteiger charge is -2.19. The number of carbonyl (C=O) groups is 2. The van der Waals surface area contributed by atoms with Crippen molar-refractivity contribution in [2.75, 3.05) is 0 Å². The lowest BCUT2D eigenvalue weighted by molar-refractivity contribution is -0.144. The third kappa shape index (κ3) is 8.98. The summed E-state index contributed by atoms with van der Waals surface area (Å²) in [6.45, 7) is 0. The average molecular weight is 617 g/mol. The van der Waals surface area contributed by atoms with Gasteiger partial charge in [-0.25, -0.2) is 8.78 Å². The first-order valence-electron chi connectivity index (χ1n) is 10.2. The number of allylic oxidation sites excluding steroid dienone is 1. The van der Waals surface area contributed by atoms with E-state index >= 15 is 0 Å². The topological polar surface area (TPSA) is 58.2 Å². The molecule has 0 fully saturated rings. The molecule has 2 amide bonds. The van der Waals surface area contributed by atoms with Crippen LogP contribution in [-0.2, 0) is 11.0 Å². The van der Waals surface area contributed by atoms with Crippen LogP contribution in [0.2, 0.25) is 10.0 Å². The third-order valence-electron chi connectivity index (χ3n) is 4.83. The molecular formula is C22H13Cl2F11N2O2. The molecule has 0 aromatic heterocycles. The van der Waals surface area contributed by atoms with Crippen LogP contribution < -0.4 is 10.9 Å². The van der Waals surface area contributed by atoms with Crippen LogP contribution in [0.15, 0.2) is 36.4 Å². The van der Waals surface area contributed by atoms with Gasteiger partial charge in [0.05, 0.1) is 27.6 Å². The molecule has 0 saturated heterocycles. The molecule has 0 bridgehead atoms. The highest BCUT2D eigenvalue weighted by Crippen LogP contribution is 2.41. The molecule has 17 heteroatoms. The van der Waals surface area contributed by atoms with Crippen molar-refractivity contribution >= 4 is 40.8 Å². The van der Waals surface area contributed by atoms with Gasteiger partial charge in [0.1, 0.15) is 11.7 Å². The number of carbonyl (C=O) groups excluding carboxylic acids is 2. The van der Waals surface area contributed by atoms with E-state index in [9.17, 15) is 57.9 Å². The summed E-state index contributed by atoms with van der Waals surface area (Å²) in [4.78, 5) is 23.5. The van der Waals surface area contributed by atoms with Gasteiger partial charge in [-0.2, -0.15) is 39.5 Å². The van der Waals surface area contributed by atoms with E-state index in [1.54, 1.807) is 0 Å². The second-order valence-electron chi connectivity index (χ2n) is 7.71. The Bertz CT molecular complexity index is 1250. The molecule has 2 aromatic carbocycles. The molecule has 0 spiro atoms. The van der Waals surface area contributed by atoms with Gasteiger partial charge in [0.15, 0.2) is 5.82 Å². The predicted molar refractivity (Wildman–Crippen MR) is 117 cm³/mol. The van der Waals surface area contributed by atoms with Crippen LogP contribution in [0.4, 0.5) is 48.3 Å². The molecule has 1 atom stereocenters. The molecule has 0 saturated carbocycles. The molecule has 0 aliphatic carbocycles. The second-order valence-corrected chi connectivity index (χ2v) is 8.52. The Morgan fingerprint density at radius 2 is 1.46 bits per heavy atom. The second kappa shape index (κ2) is 12.0. The smallest absolute Gasteiger partial charge is 0.273 e. The summed E-state index contributed by atoms with van der Waals surface area (Å²) in [5.74, 6) is -8.97. The summed E-state index contributed by atoms with van der Waals surface area (Å²) in [5.41, 5.74) is -2.02. The van der Waals surface area contributed by atoms with Gasteiger partial charge in [-0.15, -0.1) is 0 Å². The number of benzene rings is 2. The summed E-state index contributed by atoms with van der Waals surface area (Å²) in [7, 11) is 0. The zero-order valence-corrected chi connectivity index (χ0v) is 20.2. The Balaban J connectivity index is 2.41. The van der Waals surface area contributed by atoms with Gasteiger partial charge in [-0.1, -0.05) is 29.3 Å². The van der Waals surface area contributed by atoms with Crippen molar-refractivity contribution in [2.24, 2.45) is 0 Å². The zero-order valence-electron chi connectivity index (χ0n) is 18.7. The van der Waals surface area contributed by atoms with E-state index < -0.39 is 93.0 Å². The summed E-state index contributed by atoms with van der Waals surface area (Å²) in [5, 5.41) is -1.67. The maximum atomic E-state index is 14.8. The number of halogens is 13. The van der Waals surface area contributed by atoms with Gasteiger partial charge >= 0.3 is 18.5 Å². The fourth-order valence-electron chi connectivity index (χ4n) is 3.01. The van der Waals surface area contributed by atoms with E-state index in [0.29, 0.717) is 24.3 Å². The van der Waals surface area contributed by atoms with Gasteiger partial charge in [0.25, 0.3) is 5.91 Å². The summed E-state index contributed by atoms with van der Waals surface area (Å²) < 4.78 is 146. The van der Waals surface area contributed by atoms with Crippen LogP contribution in [0, 0.1) is 5.82 Å². The van der Waals surface area contributed by atoms with Crippen LogP contribution in [0.5, 0.6) is 0 Å². The maximum absolute atomic E-state index is 14.8. The van der Waals surface area contributed by atoms with Gasteiger partial charge in [-0.05, 0) is 35.9 Å². The van der Waals surface area contributed by atoms with E-state index in [0.717, 1.165) is 0 Å². The number of amides is 2. The molecule has 0 aliphatic heterocycles.